The molecule has 14 nitrogen and oxygen atoms in total. The molecule has 4 aromatic heterocycles. The molecule has 0 radical (unpaired) electrons. The third-order valence-electron chi connectivity index (χ3n) is 11.7. The minimum atomic E-state index is -3.88. The fourth-order valence-corrected chi connectivity index (χ4v) is 8.21. The van der Waals surface area contributed by atoms with E-state index >= 15 is 8.78 Å². The summed E-state index contributed by atoms with van der Waals surface area (Å²) in [4.78, 5) is 26.7. The number of benzene rings is 3. The van der Waals surface area contributed by atoms with Crippen LogP contribution < -0.4 is 15.5 Å². The second-order valence-electron chi connectivity index (χ2n) is 15.3. The van der Waals surface area contributed by atoms with Crippen molar-refractivity contribution in [1.29, 1.82) is 0 Å². The van der Waals surface area contributed by atoms with Crippen molar-refractivity contribution in [3.8, 4) is 28.3 Å². The minimum Gasteiger partial charge on any atom is -0.377 e. The highest BCUT2D eigenvalue weighted by Gasteiger charge is 2.59. The highest BCUT2D eigenvalue weighted by atomic mass is 19.3. The van der Waals surface area contributed by atoms with E-state index in [1.54, 1.807) is 6.20 Å². The van der Waals surface area contributed by atoms with Gasteiger partial charge in [0.1, 0.15) is 23.7 Å². The maximum atomic E-state index is 16.2. The highest BCUT2D eigenvalue weighted by Crippen LogP contribution is 2.50. The molecule has 0 bridgehead atoms. The molecule has 1 N–H and O–H groups in total. The summed E-state index contributed by atoms with van der Waals surface area (Å²) in [6.45, 7) is 6.79. The number of pyridine rings is 2. The summed E-state index contributed by atoms with van der Waals surface area (Å²) in [5.41, 5.74) is 0.523. The number of anilines is 2. The molecule has 3 atom stereocenters. The zero-order valence-electron chi connectivity index (χ0n) is 33.4. The van der Waals surface area contributed by atoms with Gasteiger partial charge < -0.3 is 19.6 Å². The van der Waals surface area contributed by atoms with Crippen LogP contribution in [0.5, 0.6) is 0 Å². The average molecular weight is 830 g/mol. The molecule has 2 aliphatic rings. The molecule has 0 amide bonds. The SMILES string of the molecule is CC[C@@H]([C@H](C)OCc1ccccc1)n1ncn(-c2ccc(N3CCN(c4ccc(-c5ccc(C(F)(F)[C@]6(O)Cn7nnnc7-c7cc(F)ccc76)nc5)cc4)CC3)cn2)c1=O. The Kier molecular flexibility index (Phi) is 10.4. The molecule has 0 spiro atoms. The summed E-state index contributed by atoms with van der Waals surface area (Å²) in [6.07, 6.45) is 5.07. The number of tetrazole rings is 1. The van der Waals surface area contributed by atoms with Crippen LogP contribution >= 0.6 is 0 Å². The van der Waals surface area contributed by atoms with Gasteiger partial charge in [-0.05, 0) is 77.4 Å². The number of fused-ring (bicyclic) bond motifs is 3. The van der Waals surface area contributed by atoms with Gasteiger partial charge in [0.2, 0.25) is 0 Å². The van der Waals surface area contributed by atoms with Crippen LogP contribution in [0, 0.1) is 5.82 Å². The predicted octanol–water partition coefficient (Wildman–Crippen LogP) is 6.16. The third kappa shape index (κ3) is 7.33. The number of alkyl halides is 2. The molecule has 9 rings (SSSR count). The van der Waals surface area contributed by atoms with Gasteiger partial charge in [-0.2, -0.15) is 13.9 Å². The second-order valence-corrected chi connectivity index (χ2v) is 15.3. The van der Waals surface area contributed by atoms with E-state index in [-0.39, 0.29) is 34.8 Å². The van der Waals surface area contributed by atoms with Crippen molar-refractivity contribution >= 4 is 11.4 Å². The first-order valence-electron chi connectivity index (χ1n) is 20.1. The number of hydrogen-bond acceptors (Lipinski definition) is 11. The molecule has 6 heterocycles. The monoisotopic (exact) mass is 829 g/mol. The standard InChI is InChI=1S/C44H42F3N11O3/c1-3-38(29(2)61-26-30-7-5-4-6-8-30)58-42(59)56(28-50-58)40-18-15-35(25-49-40)55-21-19-54(20-22-55)34-13-9-31(10-14-34)32-11-17-39(48-24-32)44(46,47)43(60)27-57-41(51-52-53-57)36-23-33(45)12-16-37(36)43/h4-18,23-25,28-29,38,60H,3,19-22,26-27H2,1-2H3/t29-,38-,43-/m0/s1. The number of halogens is 3. The van der Waals surface area contributed by atoms with Crippen LogP contribution in [0.1, 0.15) is 43.1 Å². The maximum absolute atomic E-state index is 16.2. The van der Waals surface area contributed by atoms with Gasteiger partial charge in [0.05, 0.1) is 37.2 Å². The smallest absolute Gasteiger partial charge is 0.351 e. The van der Waals surface area contributed by atoms with Crippen LogP contribution in [0.15, 0.2) is 121 Å². The van der Waals surface area contributed by atoms with E-state index in [1.165, 1.54) is 33.9 Å². The van der Waals surface area contributed by atoms with E-state index in [1.807, 2.05) is 80.6 Å². The molecular weight excluding hydrogens is 788 g/mol. The lowest BCUT2D eigenvalue weighted by molar-refractivity contribution is -0.207. The number of rotatable bonds is 12. The molecule has 7 aromatic rings. The molecule has 0 aliphatic carbocycles. The molecule has 1 saturated heterocycles. The first-order valence-corrected chi connectivity index (χ1v) is 20.1. The van der Waals surface area contributed by atoms with Crippen LogP contribution in [0.25, 0.3) is 28.3 Å². The lowest BCUT2D eigenvalue weighted by Crippen LogP contribution is -2.49. The van der Waals surface area contributed by atoms with Crippen LogP contribution in [-0.4, -0.2) is 81.9 Å². The summed E-state index contributed by atoms with van der Waals surface area (Å²) < 4.78 is 56.7. The lowest BCUT2D eigenvalue weighted by Gasteiger charge is -2.39. The van der Waals surface area contributed by atoms with E-state index in [4.69, 9.17) is 4.74 Å². The highest BCUT2D eigenvalue weighted by molar-refractivity contribution is 5.67. The predicted molar refractivity (Wildman–Crippen MR) is 221 cm³/mol. The van der Waals surface area contributed by atoms with E-state index in [0.29, 0.717) is 24.4 Å². The molecule has 0 saturated carbocycles. The van der Waals surface area contributed by atoms with E-state index in [9.17, 15) is 14.3 Å². The zero-order chi connectivity index (χ0) is 42.3. The Bertz CT molecular complexity index is 2680. The lowest BCUT2D eigenvalue weighted by atomic mass is 9.80. The zero-order valence-corrected chi connectivity index (χ0v) is 33.4. The number of ether oxygens (including phenoxy) is 1. The Morgan fingerprint density at radius 1 is 0.869 bits per heavy atom. The van der Waals surface area contributed by atoms with Crippen molar-refractivity contribution < 1.29 is 23.0 Å². The third-order valence-corrected chi connectivity index (χ3v) is 11.7. The first kappa shape index (κ1) is 39.7. The van der Waals surface area contributed by atoms with E-state index < -0.39 is 29.6 Å². The van der Waals surface area contributed by atoms with Crippen molar-refractivity contribution in [2.24, 2.45) is 0 Å². The fourth-order valence-electron chi connectivity index (χ4n) is 8.21. The van der Waals surface area contributed by atoms with Crippen molar-refractivity contribution in [2.45, 2.75) is 57.1 Å². The van der Waals surface area contributed by atoms with Gasteiger partial charge in [0, 0.05) is 54.8 Å². The van der Waals surface area contributed by atoms with Gasteiger partial charge in [-0.1, -0.05) is 61.5 Å². The molecule has 312 valence electrons. The number of nitrogens with zero attached hydrogens (tertiary/aromatic N) is 11. The Hall–Kier alpha value is -6.72. The Balaban J connectivity index is 0.816. The normalized spacial score (nSPS) is 17.5. The molecule has 1 fully saturated rings. The van der Waals surface area contributed by atoms with Gasteiger partial charge >= 0.3 is 11.6 Å². The number of aliphatic hydroxyl groups is 1. The van der Waals surface area contributed by atoms with Gasteiger partial charge in [-0.3, -0.25) is 4.98 Å². The molecule has 61 heavy (non-hydrogen) atoms. The summed E-state index contributed by atoms with van der Waals surface area (Å²) in [7, 11) is 0. The van der Waals surface area contributed by atoms with Crippen molar-refractivity contribution in [2.75, 3.05) is 36.0 Å². The number of hydrogen-bond donors (Lipinski definition) is 1. The topological polar surface area (TPSA) is 145 Å². The van der Waals surface area contributed by atoms with Crippen molar-refractivity contribution in [3.63, 3.8) is 0 Å². The average Bonchev–Trinajstić information content (AvgIpc) is 3.93. The number of aromatic nitrogens is 9. The minimum absolute atomic E-state index is 0.0145. The van der Waals surface area contributed by atoms with E-state index in [0.717, 1.165) is 71.6 Å². The molecule has 3 aromatic carbocycles. The molecule has 17 heteroatoms. The molecule has 0 unspecified atom stereocenters. The van der Waals surface area contributed by atoms with Gasteiger partial charge in [0.15, 0.2) is 11.4 Å². The van der Waals surface area contributed by atoms with E-state index in [2.05, 4.69) is 40.4 Å². The fraction of sp³-hybridized carbons (Fsp3) is 0.295. The summed E-state index contributed by atoms with van der Waals surface area (Å²) in [5.74, 6) is -3.98. The summed E-state index contributed by atoms with van der Waals surface area (Å²) in [6, 6.07) is 27.2. The van der Waals surface area contributed by atoms with Gasteiger partial charge in [-0.25, -0.2) is 28.1 Å². The summed E-state index contributed by atoms with van der Waals surface area (Å²) in [5, 5.41) is 27.1. The van der Waals surface area contributed by atoms with Crippen molar-refractivity contribution in [3.05, 3.63) is 149 Å². The van der Waals surface area contributed by atoms with Gasteiger partial charge in [-0.15, -0.1) is 5.10 Å². The van der Waals surface area contributed by atoms with Crippen LogP contribution in [-0.2, 0) is 29.4 Å². The van der Waals surface area contributed by atoms with Crippen LogP contribution in [0.2, 0.25) is 0 Å². The molecule has 2 aliphatic heterocycles. The largest absolute Gasteiger partial charge is 0.377 e. The van der Waals surface area contributed by atoms with Crippen molar-refractivity contribution in [1.82, 2.24) is 44.5 Å². The molecular formula is C44H42F3N11O3. The number of piperazine rings is 1. The maximum Gasteiger partial charge on any atom is 0.351 e. The van der Waals surface area contributed by atoms with Gasteiger partial charge in [0.25, 0.3) is 0 Å². The first-order chi connectivity index (χ1) is 29.5. The van der Waals surface area contributed by atoms with Crippen LogP contribution in [0.4, 0.5) is 24.5 Å². The Morgan fingerprint density at radius 2 is 1.59 bits per heavy atom. The van der Waals surface area contributed by atoms with Crippen LogP contribution in [0.3, 0.4) is 0 Å². The second kappa shape index (κ2) is 16.0. The Labute approximate surface area is 348 Å². The quantitative estimate of drug-likeness (QED) is 0.151. The Morgan fingerprint density at radius 3 is 2.28 bits per heavy atom. The summed E-state index contributed by atoms with van der Waals surface area (Å²) >= 11 is 0.